The first-order valence-corrected chi connectivity index (χ1v) is 14.0. The summed E-state index contributed by atoms with van der Waals surface area (Å²) >= 11 is 3.25. The highest BCUT2D eigenvalue weighted by atomic mass is 32.2. The number of nitrogens with zero attached hydrogens (tertiary/aromatic N) is 2. The summed E-state index contributed by atoms with van der Waals surface area (Å²) in [5.41, 5.74) is 1.80. The Morgan fingerprint density at radius 3 is 1.42 bits per heavy atom. The molecule has 0 saturated carbocycles. The molecule has 0 N–H and O–H groups in total. The second-order valence-electron chi connectivity index (χ2n) is 8.28. The molecule has 38 heavy (non-hydrogen) atoms. The maximum Gasteiger partial charge on any atom is 0.162 e. The van der Waals surface area contributed by atoms with Gasteiger partial charge < -0.3 is 28.4 Å². The van der Waals surface area contributed by atoms with Crippen LogP contribution in [0.1, 0.15) is 0 Å². The van der Waals surface area contributed by atoms with E-state index in [1.807, 2.05) is 36.4 Å². The number of benzene rings is 3. The second kappa shape index (κ2) is 13.5. The van der Waals surface area contributed by atoms with Gasteiger partial charge in [-0.25, -0.2) is 9.98 Å². The number of methoxy groups -OCH3 is 2. The number of hydrogen-bond acceptors (Lipinski definition) is 10. The van der Waals surface area contributed by atoms with E-state index in [4.69, 9.17) is 38.4 Å². The van der Waals surface area contributed by atoms with Crippen LogP contribution in [0.2, 0.25) is 0 Å². The van der Waals surface area contributed by atoms with Gasteiger partial charge in [-0.2, -0.15) is 0 Å². The third-order valence-corrected chi connectivity index (χ3v) is 8.00. The molecule has 0 bridgehead atoms. The predicted octanol–water partition coefficient (Wildman–Crippen LogP) is 4.60. The topological polar surface area (TPSA) is 80.1 Å². The molecule has 0 aromatic heterocycles. The Hall–Kier alpha value is -2.60. The van der Waals surface area contributed by atoms with E-state index in [9.17, 15) is 0 Å². The zero-order chi connectivity index (χ0) is 26.2. The molecule has 0 saturated heterocycles. The highest BCUT2D eigenvalue weighted by Crippen LogP contribution is 2.46. The molecule has 0 spiro atoms. The monoisotopic (exact) mass is 554 g/mol. The predicted molar refractivity (Wildman–Crippen MR) is 146 cm³/mol. The Balaban J connectivity index is 1.56. The normalized spacial score (nSPS) is 12.9. The second-order valence-corrected chi connectivity index (χ2v) is 10.4. The Morgan fingerprint density at radius 2 is 0.974 bits per heavy atom. The molecule has 2 aliphatic heterocycles. The first-order valence-electron chi connectivity index (χ1n) is 12.4. The highest BCUT2D eigenvalue weighted by molar-refractivity contribution is 8.00. The quantitative estimate of drug-likeness (QED) is 0.184. The Morgan fingerprint density at radius 1 is 0.553 bits per heavy atom. The fraction of sp³-hybridized carbons (Fsp3) is 0.357. The lowest BCUT2D eigenvalue weighted by molar-refractivity contribution is 0.0526. The minimum absolute atomic E-state index is 0.375. The van der Waals surface area contributed by atoms with Crippen LogP contribution < -0.4 is 20.2 Å². The fourth-order valence-electron chi connectivity index (χ4n) is 3.92. The molecule has 0 radical (unpaired) electrons. The molecule has 3 aromatic rings. The van der Waals surface area contributed by atoms with Crippen LogP contribution in [0.5, 0.6) is 11.5 Å². The summed E-state index contributed by atoms with van der Waals surface area (Å²) in [6, 6.07) is 16.2. The SMILES string of the molecule is COCCOCCOc1c2c(c(OCCOCCOC)c3c1=Nc1ccccc1S3)=Nc1ccccc1S2. The number of fused-ring (bicyclic) bond motifs is 4. The van der Waals surface area contributed by atoms with Crippen molar-refractivity contribution in [3.05, 3.63) is 59.2 Å². The van der Waals surface area contributed by atoms with Crippen molar-refractivity contribution < 1.29 is 28.4 Å². The van der Waals surface area contributed by atoms with Crippen LogP contribution in [0.15, 0.2) is 78.1 Å². The van der Waals surface area contributed by atoms with Gasteiger partial charge in [0.05, 0.1) is 60.8 Å². The van der Waals surface area contributed by atoms with Crippen LogP contribution in [0.3, 0.4) is 0 Å². The maximum absolute atomic E-state index is 6.39. The molecule has 5 rings (SSSR count). The average Bonchev–Trinajstić information content (AvgIpc) is 2.95. The molecule has 0 unspecified atom stereocenters. The molecule has 200 valence electrons. The zero-order valence-electron chi connectivity index (χ0n) is 21.4. The lowest BCUT2D eigenvalue weighted by atomic mass is 10.2. The molecular formula is C28H30N2O6S2. The van der Waals surface area contributed by atoms with Crippen molar-refractivity contribution in [3.8, 4) is 11.5 Å². The van der Waals surface area contributed by atoms with Gasteiger partial charge in [0, 0.05) is 24.0 Å². The summed E-state index contributed by atoms with van der Waals surface area (Å²) < 4.78 is 34.2. The number of rotatable bonds is 14. The van der Waals surface area contributed by atoms with Crippen LogP contribution in [0.25, 0.3) is 0 Å². The van der Waals surface area contributed by atoms with Gasteiger partial charge in [-0.05, 0) is 24.3 Å². The van der Waals surface area contributed by atoms with Crippen LogP contribution in [-0.4, -0.2) is 67.1 Å². The van der Waals surface area contributed by atoms with E-state index >= 15 is 0 Å². The smallest absolute Gasteiger partial charge is 0.162 e. The van der Waals surface area contributed by atoms with Crippen LogP contribution in [-0.2, 0) is 18.9 Å². The zero-order valence-corrected chi connectivity index (χ0v) is 23.1. The van der Waals surface area contributed by atoms with E-state index in [1.165, 1.54) is 0 Å². The third-order valence-electron chi connectivity index (χ3n) is 5.70. The average molecular weight is 555 g/mol. The van der Waals surface area contributed by atoms with Crippen LogP contribution >= 0.6 is 23.5 Å². The van der Waals surface area contributed by atoms with Crippen molar-refractivity contribution >= 4 is 34.9 Å². The Kier molecular flexibility index (Phi) is 9.56. The summed E-state index contributed by atoms with van der Waals surface area (Å²) in [4.78, 5) is 14.0. The number of hydrogen-bond donors (Lipinski definition) is 0. The molecule has 2 heterocycles. The lowest BCUT2D eigenvalue weighted by Crippen LogP contribution is -2.27. The summed E-state index contributed by atoms with van der Waals surface area (Å²) in [7, 11) is 3.31. The number of ether oxygens (including phenoxy) is 6. The molecular weight excluding hydrogens is 524 g/mol. The Bertz CT molecular complexity index is 1280. The summed E-state index contributed by atoms with van der Waals surface area (Å²) in [5, 5.41) is 1.50. The van der Waals surface area contributed by atoms with Gasteiger partial charge in [-0.3, -0.25) is 0 Å². The van der Waals surface area contributed by atoms with Crippen LogP contribution in [0, 0.1) is 0 Å². The van der Waals surface area contributed by atoms with E-state index in [0.717, 1.165) is 41.7 Å². The van der Waals surface area contributed by atoms with Gasteiger partial charge in [-0.1, -0.05) is 47.8 Å². The lowest BCUT2D eigenvalue weighted by Gasteiger charge is -2.23. The van der Waals surface area contributed by atoms with E-state index in [0.29, 0.717) is 64.4 Å². The van der Waals surface area contributed by atoms with Crippen molar-refractivity contribution in [2.24, 2.45) is 9.98 Å². The maximum atomic E-state index is 6.39. The van der Waals surface area contributed by atoms with Gasteiger partial charge >= 0.3 is 0 Å². The van der Waals surface area contributed by atoms with Crippen LogP contribution in [0.4, 0.5) is 11.4 Å². The molecule has 10 heteroatoms. The van der Waals surface area contributed by atoms with Gasteiger partial charge in [0.25, 0.3) is 0 Å². The number of para-hydroxylation sites is 2. The minimum Gasteiger partial charge on any atom is -0.488 e. The van der Waals surface area contributed by atoms with Gasteiger partial charge in [0.2, 0.25) is 0 Å². The first-order chi connectivity index (χ1) is 18.8. The fourth-order valence-corrected chi connectivity index (χ4v) is 6.06. The minimum atomic E-state index is 0.375. The van der Waals surface area contributed by atoms with E-state index in [-0.39, 0.29) is 0 Å². The van der Waals surface area contributed by atoms with Crippen molar-refractivity contribution in [2.75, 3.05) is 67.1 Å². The largest absolute Gasteiger partial charge is 0.488 e. The summed E-state index contributed by atoms with van der Waals surface area (Å²) in [6.07, 6.45) is 0. The van der Waals surface area contributed by atoms with E-state index < -0.39 is 0 Å². The Labute approximate surface area is 230 Å². The van der Waals surface area contributed by atoms with Crippen molar-refractivity contribution in [1.29, 1.82) is 0 Å². The molecule has 0 atom stereocenters. The molecule has 3 aromatic carbocycles. The van der Waals surface area contributed by atoms with Gasteiger partial charge in [-0.15, -0.1) is 0 Å². The third kappa shape index (κ3) is 6.17. The highest BCUT2D eigenvalue weighted by Gasteiger charge is 2.28. The van der Waals surface area contributed by atoms with Gasteiger partial charge in [0.1, 0.15) is 23.9 Å². The molecule has 8 nitrogen and oxygen atoms in total. The van der Waals surface area contributed by atoms with E-state index in [2.05, 4.69) is 12.1 Å². The van der Waals surface area contributed by atoms with Gasteiger partial charge in [0.15, 0.2) is 11.5 Å². The molecule has 2 aliphatic rings. The molecule has 0 amide bonds. The van der Waals surface area contributed by atoms with E-state index in [1.54, 1.807) is 37.7 Å². The summed E-state index contributed by atoms with van der Waals surface area (Å²) in [5.74, 6) is 1.39. The standard InChI is InChI=1S/C28H30N2O6S2/c1-31-11-13-33-15-17-35-25-23-28(38-22-10-6-3-7-19(22)29-23)26(36-18-16-34-14-12-32-2)24-27(25)37-21-9-5-4-8-20(21)30-24/h3-10H,11-18H2,1-2H3. The molecule has 0 aliphatic carbocycles. The van der Waals surface area contributed by atoms with Crippen molar-refractivity contribution in [3.63, 3.8) is 0 Å². The first kappa shape index (κ1) is 27.0. The van der Waals surface area contributed by atoms with Crippen molar-refractivity contribution in [1.82, 2.24) is 0 Å². The van der Waals surface area contributed by atoms with Crippen molar-refractivity contribution in [2.45, 2.75) is 19.6 Å². The molecule has 0 fully saturated rings. The summed E-state index contributed by atoms with van der Waals surface area (Å²) in [6.45, 7) is 3.74.